The molecule has 6 nitrogen and oxygen atoms in total. The number of hydrogen-bond acceptors (Lipinski definition) is 4. The summed E-state index contributed by atoms with van der Waals surface area (Å²) in [6.07, 6.45) is 0.598. The van der Waals surface area contributed by atoms with E-state index in [0.29, 0.717) is 6.42 Å². The van der Waals surface area contributed by atoms with Gasteiger partial charge in [0.05, 0.1) is 10.8 Å². The van der Waals surface area contributed by atoms with Crippen LogP contribution in [0, 0.1) is 29.9 Å². The molecule has 1 aromatic rings. The first-order valence-electron chi connectivity index (χ1n) is 6.17. The van der Waals surface area contributed by atoms with E-state index < -0.39 is 4.92 Å². The summed E-state index contributed by atoms with van der Waals surface area (Å²) >= 11 is 0. The third-order valence-corrected chi connectivity index (χ3v) is 3.21. The first kappa shape index (κ1) is 15.1. The van der Waals surface area contributed by atoms with Crippen LogP contribution >= 0.6 is 0 Å². The molecule has 0 aliphatic heterocycles. The van der Waals surface area contributed by atoms with Crippen LogP contribution in [-0.4, -0.2) is 17.4 Å². The first-order valence-corrected chi connectivity index (χ1v) is 6.17. The number of nitrogens with two attached hydrogens (primary N) is 1. The molecule has 104 valence electrons. The number of nitrogens with zero attached hydrogens (tertiary/aromatic N) is 1. The lowest BCUT2D eigenvalue weighted by molar-refractivity contribution is -0.384. The highest BCUT2D eigenvalue weighted by molar-refractivity contribution is 5.95. The Kier molecular flexibility index (Phi) is 5.00. The zero-order valence-electron chi connectivity index (χ0n) is 11.4. The smallest absolute Gasteiger partial charge is 0.293 e. The predicted molar refractivity (Wildman–Crippen MR) is 74.0 cm³/mol. The van der Waals surface area contributed by atoms with Gasteiger partial charge in [0.2, 0.25) is 5.91 Å². The van der Waals surface area contributed by atoms with Crippen molar-refractivity contribution in [3.05, 3.63) is 33.4 Å². The summed E-state index contributed by atoms with van der Waals surface area (Å²) in [4.78, 5) is 22.4. The topological polar surface area (TPSA) is 98.3 Å². The van der Waals surface area contributed by atoms with Crippen LogP contribution in [0.4, 0.5) is 11.4 Å². The van der Waals surface area contributed by atoms with Crippen molar-refractivity contribution in [2.45, 2.75) is 27.2 Å². The molecule has 0 saturated heterocycles. The molecule has 0 heterocycles. The minimum atomic E-state index is -0.495. The molecule has 6 heteroatoms. The van der Waals surface area contributed by atoms with Crippen LogP contribution in [0.15, 0.2) is 12.1 Å². The lowest BCUT2D eigenvalue weighted by Crippen LogP contribution is -2.28. The molecule has 0 saturated carbocycles. The van der Waals surface area contributed by atoms with E-state index in [-0.39, 0.29) is 29.7 Å². The van der Waals surface area contributed by atoms with Crippen molar-refractivity contribution in [2.24, 2.45) is 11.7 Å². The third kappa shape index (κ3) is 3.51. The molecule has 1 atom stereocenters. The molecule has 0 radical (unpaired) electrons. The lowest BCUT2D eigenvalue weighted by Gasteiger charge is -2.13. The number of nitro benzene ring substituents is 1. The molecule has 1 unspecified atom stereocenters. The quantitative estimate of drug-likeness (QED) is 0.629. The number of nitrogens with one attached hydrogen (secondary N) is 1. The van der Waals surface area contributed by atoms with Crippen molar-refractivity contribution in [1.29, 1.82) is 0 Å². The number of anilines is 1. The van der Waals surface area contributed by atoms with Gasteiger partial charge in [-0.15, -0.1) is 0 Å². The molecule has 3 N–H and O–H groups in total. The lowest BCUT2D eigenvalue weighted by atomic mass is 10.0. The highest BCUT2D eigenvalue weighted by atomic mass is 16.6. The molecular formula is C13H19N3O3. The summed E-state index contributed by atoms with van der Waals surface area (Å²) in [6.45, 7) is 5.71. The average molecular weight is 265 g/mol. The van der Waals surface area contributed by atoms with Gasteiger partial charge in [0.15, 0.2) is 0 Å². The zero-order valence-corrected chi connectivity index (χ0v) is 11.4. The second-order valence-corrected chi connectivity index (χ2v) is 4.54. The molecule has 0 bridgehead atoms. The third-order valence-electron chi connectivity index (χ3n) is 3.21. The van der Waals surface area contributed by atoms with Crippen LogP contribution in [0.1, 0.15) is 24.5 Å². The van der Waals surface area contributed by atoms with Crippen LogP contribution in [0.3, 0.4) is 0 Å². The van der Waals surface area contributed by atoms with E-state index in [2.05, 4.69) is 5.32 Å². The van der Waals surface area contributed by atoms with E-state index in [1.807, 2.05) is 13.8 Å². The molecule has 0 fully saturated rings. The number of hydrogen-bond donors (Lipinski definition) is 2. The number of benzene rings is 1. The van der Waals surface area contributed by atoms with Gasteiger partial charge in [0.25, 0.3) is 5.69 Å². The normalized spacial score (nSPS) is 12.0. The van der Waals surface area contributed by atoms with Crippen LogP contribution in [-0.2, 0) is 4.79 Å². The summed E-state index contributed by atoms with van der Waals surface area (Å²) < 4.78 is 0. The molecule has 0 aromatic heterocycles. The Morgan fingerprint density at radius 3 is 2.47 bits per heavy atom. The fraction of sp³-hybridized carbons (Fsp3) is 0.462. The van der Waals surface area contributed by atoms with Gasteiger partial charge in [0, 0.05) is 12.6 Å². The number of carbonyl (C=O) groups excluding carboxylic acids is 1. The highest BCUT2D eigenvalue weighted by Crippen LogP contribution is 2.28. The maximum atomic E-state index is 11.9. The minimum Gasteiger partial charge on any atom is -0.330 e. The summed E-state index contributed by atoms with van der Waals surface area (Å²) in [5.41, 5.74) is 7.33. The standard InChI is InChI=1S/C13H19N3O3/c1-4-10(7-14)13(17)15-11-5-8(2)9(3)6-12(11)16(18)19/h5-6,10H,4,7,14H2,1-3H3,(H,15,17). The molecular weight excluding hydrogens is 246 g/mol. The van der Waals surface area contributed by atoms with Crippen molar-refractivity contribution >= 4 is 17.3 Å². The second kappa shape index (κ2) is 6.29. The van der Waals surface area contributed by atoms with Gasteiger partial charge >= 0.3 is 0 Å². The molecule has 0 aliphatic carbocycles. The van der Waals surface area contributed by atoms with Crippen molar-refractivity contribution in [3.8, 4) is 0 Å². The average Bonchev–Trinajstić information content (AvgIpc) is 2.34. The summed E-state index contributed by atoms with van der Waals surface area (Å²) in [6, 6.07) is 3.09. The van der Waals surface area contributed by atoms with Gasteiger partial charge in [0.1, 0.15) is 5.69 Å². The molecule has 0 aliphatic rings. The van der Waals surface area contributed by atoms with E-state index in [1.165, 1.54) is 6.07 Å². The maximum absolute atomic E-state index is 11.9. The highest BCUT2D eigenvalue weighted by Gasteiger charge is 2.21. The summed E-state index contributed by atoms with van der Waals surface area (Å²) in [5, 5.41) is 13.6. The van der Waals surface area contributed by atoms with E-state index in [0.717, 1.165) is 11.1 Å². The molecule has 1 aromatic carbocycles. The molecule has 19 heavy (non-hydrogen) atoms. The van der Waals surface area contributed by atoms with Gasteiger partial charge in [-0.1, -0.05) is 6.92 Å². The van der Waals surface area contributed by atoms with Gasteiger partial charge in [-0.2, -0.15) is 0 Å². The second-order valence-electron chi connectivity index (χ2n) is 4.54. The number of carbonyl (C=O) groups is 1. The molecule has 1 rings (SSSR count). The Morgan fingerprint density at radius 2 is 2.00 bits per heavy atom. The Labute approximate surface area is 112 Å². The van der Waals surface area contributed by atoms with Crippen molar-refractivity contribution in [1.82, 2.24) is 0 Å². The van der Waals surface area contributed by atoms with E-state index in [9.17, 15) is 14.9 Å². The number of amides is 1. The van der Waals surface area contributed by atoms with E-state index in [4.69, 9.17) is 5.73 Å². The first-order chi connectivity index (χ1) is 8.90. The van der Waals surface area contributed by atoms with Crippen LogP contribution in [0.2, 0.25) is 0 Å². The maximum Gasteiger partial charge on any atom is 0.293 e. The van der Waals surface area contributed by atoms with Gasteiger partial charge in [-0.25, -0.2) is 0 Å². The largest absolute Gasteiger partial charge is 0.330 e. The zero-order chi connectivity index (χ0) is 14.6. The Balaban J connectivity index is 3.09. The van der Waals surface area contributed by atoms with Gasteiger partial charge in [-0.05, 0) is 37.5 Å². The van der Waals surface area contributed by atoms with Crippen LogP contribution in [0.5, 0.6) is 0 Å². The number of aryl methyl sites for hydroxylation is 2. The SMILES string of the molecule is CCC(CN)C(=O)Nc1cc(C)c(C)cc1[N+](=O)[O-]. The van der Waals surface area contributed by atoms with E-state index >= 15 is 0 Å². The van der Waals surface area contributed by atoms with E-state index in [1.54, 1.807) is 13.0 Å². The fourth-order valence-electron chi connectivity index (χ4n) is 1.75. The fourth-order valence-corrected chi connectivity index (χ4v) is 1.75. The summed E-state index contributed by atoms with van der Waals surface area (Å²) in [7, 11) is 0. The Hall–Kier alpha value is -1.95. The monoisotopic (exact) mass is 265 g/mol. The van der Waals surface area contributed by atoms with Crippen LogP contribution in [0.25, 0.3) is 0 Å². The Bertz CT molecular complexity index is 496. The minimum absolute atomic E-state index is 0.0941. The van der Waals surface area contributed by atoms with Crippen LogP contribution < -0.4 is 11.1 Å². The summed E-state index contributed by atoms with van der Waals surface area (Å²) in [5.74, 6) is -0.613. The predicted octanol–water partition coefficient (Wildman–Crippen LogP) is 2.14. The van der Waals surface area contributed by atoms with Gasteiger partial charge in [-0.3, -0.25) is 14.9 Å². The van der Waals surface area contributed by atoms with Crippen molar-refractivity contribution in [3.63, 3.8) is 0 Å². The Morgan fingerprint density at radius 1 is 1.42 bits per heavy atom. The van der Waals surface area contributed by atoms with Crippen molar-refractivity contribution < 1.29 is 9.72 Å². The number of nitro groups is 1. The van der Waals surface area contributed by atoms with Crippen molar-refractivity contribution in [2.75, 3.05) is 11.9 Å². The molecule has 1 amide bonds. The number of rotatable bonds is 5. The van der Waals surface area contributed by atoms with Gasteiger partial charge < -0.3 is 11.1 Å². The molecule has 0 spiro atoms.